The zero-order valence-corrected chi connectivity index (χ0v) is 12.6. The van der Waals surface area contributed by atoms with Crippen LogP contribution >= 0.6 is 0 Å². The first-order valence-corrected chi connectivity index (χ1v) is 6.70. The van der Waals surface area contributed by atoms with Gasteiger partial charge in [-0.15, -0.1) is 0 Å². The van der Waals surface area contributed by atoms with Crippen molar-refractivity contribution < 1.29 is 9.59 Å². The molecule has 0 bridgehead atoms. The fourth-order valence-corrected chi connectivity index (χ4v) is 1.92. The monoisotopic (exact) mass is 277 g/mol. The van der Waals surface area contributed by atoms with Crippen molar-refractivity contribution in [2.45, 2.75) is 20.3 Å². The average molecular weight is 277 g/mol. The maximum Gasteiger partial charge on any atom is 0.243 e. The number of rotatable bonds is 6. The minimum atomic E-state index is -0.178. The Morgan fingerprint density at radius 2 is 1.80 bits per heavy atom. The number of carbonyl (C=O) groups is 2. The largest absolute Gasteiger partial charge is 0.336 e. The van der Waals surface area contributed by atoms with Gasteiger partial charge in [0.15, 0.2) is 0 Å². The van der Waals surface area contributed by atoms with Crippen molar-refractivity contribution in [3.8, 4) is 0 Å². The summed E-state index contributed by atoms with van der Waals surface area (Å²) in [5, 5.41) is 5.79. The maximum atomic E-state index is 12.0. The van der Waals surface area contributed by atoms with Gasteiger partial charge in [0, 0.05) is 25.7 Å². The van der Waals surface area contributed by atoms with Crippen molar-refractivity contribution in [3.63, 3.8) is 0 Å². The molecule has 0 aliphatic heterocycles. The van der Waals surface area contributed by atoms with E-state index in [4.69, 9.17) is 0 Å². The Bertz CT molecular complexity index is 466. The molecule has 110 valence electrons. The summed E-state index contributed by atoms with van der Waals surface area (Å²) in [6, 6.07) is 5.85. The van der Waals surface area contributed by atoms with E-state index in [2.05, 4.69) is 10.6 Å². The van der Waals surface area contributed by atoms with Crippen LogP contribution in [0.5, 0.6) is 0 Å². The zero-order valence-electron chi connectivity index (χ0n) is 12.6. The van der Waals surface area contributed by atoms with Gasteiger partial charge in [-0.05, 0) is 32.0 Å². The Morgan fingerprint density at radius 3 is 2.35 bits per heavy atom. The Balaban J connectivity index is 2.57. The van der Waals surface area contributed by atoms with Crippen LogP contribution in [0.3, 0.4) is 0 Å². The van der Waals surface area contributed by atoms with Crippen molar-refractivity contribution in [2.24, 2.45) is 0 Å². The van der Waals surface area contributed by atoms with E-state index in [1.54, 1.807) is 14.1 Å². The van der Waals surface area contributed by atoms with Gasteiger partial charge < -0.3 is 15.5 Å². The van der Waals surface area contributed by atoms with E-state index in [9.17, 15) is 9.59 Å². The van der Waals surface area contributed by atoms with Crippen LogP contribution in [0.25, 0.3) is 0 Å². The SMILES string of the molecule is CNCCC(=O)N(C)CC(=O)Nc1c(C)cccc1C. The Hall–Kier alpha value is -1.88. The predicted molar refractivity (Wildman–Crippen MR) is 80.7 cm³/mol. The number of anilines is 1. The Morgan fingerprint density at radius 1 is 1.20 bits per heavy atom. The van der Waals surface area contributed by atoms with Gasteiger partial charge in [0.2, 0.25) is 11.8 Å². The highest BCUT2D eigenvalue weighted by atomic mass is 16.2. The molecular weight excluding hydrogens is 254 g/mol. The number of para-hydroxylation sites is 1. The van der Waals surface area contributed by atoms with Crippen LogP contribution in [0.1, 0.15) is 17.5 Å². The fourth-order valence-electron chi connectivity index (χ4n) is 1.92. The number of hydrogen-bond acceptors (Lipinski definition) is 3. The van der Waals surface area contributed by atoms with Gasteiger partial charge in [0.05, 0.1) is 6.54 Å². The van der Waals surface area contributed by atoms with Crippen LogP contribution in [-0.4, -0.2) is 43.9 Å². The molecule has 0 fully saturated rings. The lowest BCUT2D eigenvalue weighted by molar-refractivity contribution is -0.133. The number of aryl methyl sites for hydroxylation is 2. The highest BCUT2D eigenvalue weighted by Gasteiger charge is 2.13. The van der Waals surface area contributed by atoms with E-state index in [0.29, 0.717) is 13.0 Å². The Labute approximate surface area is 120 Å². The molecule has 1 aromatic rings. The molecule has 5 heteroatoms. The molecule has 0 aromatic heterocycles. The number of likely N-dealkylation sites (N-methyl/N-ethyl adjacent to an activating group) is 1. The molecule has 0 saturated heterocycles. The molecule has 0 saturated carbocycles. The average Bonchev–Trinajstić information content (AvgIpc) is 2.40. The van der Waals surface area contributed by atoms with Gasteiger partial charge in [-0.2, -0.15) is 0 Å². The number of benzene rings is 1. The van der Waals surface area contributed by atoms with Crippen LogP contribution in [0.4, 0.5) is 5.69 Å². The fraction of sp³-hybridized carbons (Fsp3) is 0.467. The molecule has 2 amide bonds. The number of nitrogens with zero attached hydrogens (tertiary/aromatic N) is 1. The summed E-state index contributed by atoms with van der Waals surface area (Å²) < 4.78 is 0. The normalized spacial score (nSPS) is 10.2. The second-order valence-electron chi connectivity index (χ2n) is 4.92. The van der Waals surface area contributed by atoms with Gasteiger partial charge in [-0.25, -0.2) is 0 Å². The third-order valence-electron chi connectivity index (χ3n) is 3.14. The lowest BCUT2D eigenvalue weighted by atomic mass is 10.1. The molecule has 20 heavy (non-hydrogen) atoms. The van der Waals surface area contributed by atoms with E-state index in [-0.39, 0.29) is 18.4 Å². The molecular formula is C15H23N3O2. The second-order valence-corrected chi connectivity index (χ2v) is 4.92. The van der Waals surface area contributed by atoms with Crippen LogP contribution in [-0.2, 0) is 9.59 Å². The van der Waals surface area contributed by atoms with Crippen molar-refractivity contribution in [2.75, 3.05) is 32.5 Å². The first-order valence-electron chi connectivity index (χ1n) is 6.70. The van der Waals surface area contributed by atoms with Crippen molar-refractivity contribution in [3.05, 3.63) is 29.3 Å². The third kappa shape index (κ3) is 4.66. The van der Waals surface area contributed by atoms with E-state index in [1.165, 1.54) is 4.90 Å². The van der Waals surface area contributed by atoms with E-state index < -0.39 is 0 Å². The van der Waals surface area contributed by atoms with Crippen molar-refractivity contribution >= 4 is 17.5 Å². The third-order valence-corrected chi connectivity index (χ3v) is 3.14. The number of amides is 2. The molecule has 1 rings (SSSR count). The standard InChI is InChI=1S/C15H23N3O2/c1-11-6-5-7-12(2)15(11)17-13(19)10-18(4)14(20)8-9-16-3/h5-7,16H,8-10H2,1-4H3,(H,17,19). The van der Waals surface area contributed by atoms with Crippen LogP contribution < -0.4 is 10.6 Å². The van der Waals surface area contributed by atoms with Gasteiger partial charge in [-0.1, -0.05) is 18.2 Å². The number of hydrogen-bond donors (Lipinski definition) is 2. The van der Waals surface area contributed by atoms with E-state index >= 15 is 0 Å². The van der Waals surface area contributed by atoms with E-state index in [1.807, 2.05) is 32.0 Å². The molecule has 5 nitrogen and oxygen atoms in total. The molecule has 0 aliphatic rings. The number of carbonyl (C=O) groups excluding carboxylic acids is 2. The highest BCUT2D eigenvalue weighted by Crippen LogP contribution is 2.19. The summed E-state index contributed by atoms with van der Waals surface area (Å²) >= 11 is 0. The smallest absolute Gasteiger partial charge is 0.243 e. The molecule has 1 aromatic carbocycles. The molecule has 0 spiro atoms. The number of nitrogens with one attached hydrogen (secondary N) is 2. The molecule has 0 heterocycles. The van der Waals surface area contributed by atoms with Gasteiger partial charge in [0.1, 0.15) is 0 Å². The lowest BCUT2D eigenvalue weighted by Gasteiger charge is -2.18. The molecule has 0 atom stereocenters. The minimum Gasteiger partial charge on any atom is -0.336 e. The Kier molecular flexibility index (Phi) is 6.18. The zero-order chi connectivity index (χ0) is 15.1. The van der Waals surface area contributed by atoms with Gasteiger partial charge in [0.25, 0.3) is 0 Å². The summed E-state index contributed by atoms with van der Waals surface area (Å²) in [6.45, 7) is 4.58. The molecule has 0 aliphatic carbocycles. The first-order chi connectivity index (χ1) is 9.45. The molecule has 0 radical (unpaired) electrons. The maximum absolute atomic E-state index is 12.0. The van der Waals surface area contributed by atoms with Crippen molar-refractivity contribution in [1.82, 2.24) is 10.2 Å². The van der Waals surface area contributed by atoms with Gasteiger partial charge >= 0.3 is 0 Å². The topological polar surface area (TPSA) is 61.4 Å². The summed E-state index contributed by atoms with van der Waals surface area (Å²) in [4.78, 5) is 25.2. The molecule has 0 unspecified atom stereocenters. The van der Waals surface area contributed by atoms with Crippen LogP contribution in [0, 0.1) is 13.8 Å². The second kappa shape index (κ2) is 7.65. The van der Waals surface area contributed by atoms with Crippen LogP contribution in [0.2, 0.25) is 0 Å². The minimum absolute atomic E-state index is 0.0454. The lowest BCUT2D eigenvalue weighted by Crippen LogP contribution is -2.36. The van der Waals surface area contributed by atoms with E-state index in [0.717, 1.165) is 16.8 Å². The summed E-state index contributed by atoms with van der Waals surface area (Å²) in [7, 11) is 3.43. The summed E-state index contributed by atoms with van der Waals surface area (Å²) in [5.41, 5.74) is 2.86. The predicted octanol–water partition coefficient (Wildman–Crippen LogP) is 1.31. The van der Waals surface area contributed by atoms with Gasteiger partial charge in [-0.3, -0.25) is 9.59 Å². The first kappa shape index (κ1) is 16.2. The van der Waals surface area contributed by atoms with Crippen molar-refractivity contribution in [1.29, 1.82) is 0 Å². The molecule has 2 N–H and O–H groups in total. The highest BCUT2D eigenvalue weighted by molar-refractivity contribution is 5.95. The summed E-state index contributed by atoms with van der Waals surface area (Å²) in [5.74, 6) is -0.223. The quantitative estimate of drug-likeness (QED) is 0.824. The summed E-state index contributed by atoms with van der Waals surface area (Å²) in [6.07, 6.45) is 0.393. The van der Waals surface area contributed by atoms with Crippen LogP contribution in [0.15, 0.2) is 18.2 Å².